The summed E-state index contributed by atoms with van der Waals surface area (Å²) in [5.41, 5.74) is 0. The van der Waals surface area contributed by atoms with Crippen LogP contribution in [0.5, 0.6) is 0 Å². The third-order valence-electron chi connectivity index (χ3n) is 14.4. The second-order valence-electron chi connectivity index (χ2n) is 22.3. The topological polar surface area (TPSA) is 78.9 Å². The first kappa shape index (κ1) is 76.8. The van der Waals surface area contributed by atoms with E-state index < -0.39 is 6.10 Å². The molecule has 0 aliphatic rings. The summed E-state index contributed by atoms with van der Waals surface area (Å²) in [6.45, 7) is 6.41. The fourth-order valence-corrected chi connectivity index (χ4v) is 9.40. The average Bonchev–Trinajstić information content (AvgIpc) is 3.47. The minimum absolute atomic E-state index is 0.0904. The Hall–Kier alpha value is -4.19. The highest BCUT2D eigenvalue weighted by atomic mass is 16.6. The van der Waals surface area contributed by atoms with Gasteiger partial charge in [-0.3, -0.25) is 14.4 Å². The fraction of sp³-hybridized carbons (Fsp3) is 0.693. The van der Waals surface area contributed by atoms with Gasteiger partial charge in [-0.25, -0.2) is 0 Å². The zero-order valence-electron chi connectivity index (χ0n) is 53.0. The van der Waals surface area contributed by atoms with E-state index >= 15 is 0 Å². The molecule has 0 aliphatic carbocycles. The standard InChI is InChI=1S/C75H126O6/c1-4-7-10-13-16-19-22-25-28-31-33-35-37-39-41-44-47-50-53-56-59-62-65-68-74(77)80-71-72(70-79-73(76)67-64-61-58-55-52-49-46-43-30-27-24-21-18-15-12-9-6-3)81-75(78)69-66-63-60-57-54-51-48-45-42-40-38-36-34-32-29-26-23-20-17-14-11-8-5-2/h7,9-10,12,16,18-19,21,23,25-28,30,32-35,46,49,72H,4-6,8,11,13-15,17,20,22,24,29,31,36-45,47-48,50-71H2,1-3H3/b10-7-,12-9-,19-16-,21-18-,26-23-,28-25-,30-27-,34-32-,35-33-,49-46-. The van der Waals surface area contributed by atoms with Gasteiger partial charge in [0.05, 0.1) is 0 Å². The number of hydrogen-bond donors (Lipinski definition) is 0. The summed E-state index contributed by atoms with van der Waals surface area (Å²) in [4.78, 5) is 38.5. The maximum absolute atomic E-state index is 13.0. The minimum Gasteiger partial charge on any atom is -0.462 e. The Labute approximate surface area is 501 Å². The van der Waals surface area contributed by atoms with Crippen LogP contribution < -0.4 is 0 Å². The van der Waals surface area contributed by atoms with Crippen LogP contribution in [-0.4, -0.2) is 37.2 Å². The molecule has 1 unspecified atom stereocenters. The van der Waals surface area contributed by atoms with Crippen LogP contribution in [-0.2, 0) is 28.6 Å². The summed E-state index contributed by atoms with van der Waals surface area (Å²) in [5.74, 6) is -0.912. The molecule has 1 atom stereocenters. The quantitative estimate of drug-likeness (QED) is 0.0261. The van der Waals surface area contributed by atoms with Gasteiger partial charge in [0, 0.05) is 19.3 Å². The molecule has 0 aromatic rings. The molecule has 0 saturated heterocycles. The fourth-order valence-electron chi connectivity index (χ4n) is 9.40. The Kier molecular flexibility index (Phi) is 64.8. The Morgan fingerprint density at radius 2 is 0.481 bits per heavy atom. The van der Waals surface area contributed by atoms with E-state index in [4.69, 9.17) is 14.2 Å². The highest BCUT2D eigenvalue weighted by Crippen LogP contribution is 2.16. The smallest absolute Gasteiger partial charge is 0.306 e. The van der Waals surface area contributed by atoms with E-state index in [0.29, 0.717) is 19.3 Å². The van der Waals surface area contributed by atoms with E-state index in [-0.39, 0.29) is 31.1 Å². The number of carbonyl (C=O) groups excluding carboxylic acids is 3. The number of allylic oxidation sites excluding steroid dienone is 20. The van der Waals surface area contributed by atoms with Gasteiger partial charge in [-0.05, 0) is 128 Å². The number of unbranched alkanes of at least 4 members (excludes halogenated alkanes) is 30. The lowest BCUT2D eigenvalue weighted by Crippen LogP contribution is -2.30. The summed E-state index contributed by atoms with van der Waals surface area (Å²) in [7, 11) is 0. The maximum atomic E-state index is 13.0. The van der Waals surface area contributed by atoms with Crippen molar-refractivity contribution < 1.29 is 28.6 Å². The molecule has 0 aromatic carbocycles. The van der Waals surface area contributed by atoms with Gasteiger partial charge in [0.1, 0.15) is 13.2 Å². The lowest BCUT2D eigenvalue weighted by atomic mass is 10.0. The van der Waals surface area contributed by atoms with Crippen LogP contribution in [0.1, 0.15) is 316 Å². The largest absolute Gasteiger partial charge is 0.462 e. The Bertz CT molecular complexity index is 1670. The van der Waals surface area contributed by atoms with Crippen molar-refractivity contribution in [3.8, 4) is 0 Å². The molecular formula is C75H126O6. The first-order chi connectivity index (χ1) is 40.0. The van der Waals surface area contributed by atoms with Gasteiger partial charge in [-0.2, -0.15) is 0 Å². The lowest BCUT2D eigenvalue weighted by Gasteiger charge is -2.18. The van der Waals surface area contributed by atoms with Gasteiger partial charge in [-0.15, -0.1) is 0 Å². The summed E-state index contributed by atoms with van der Waals surface area (Å²) < 4.78 is 17.0. The van der Waals surface area contributed by atoms with Crippen LogP contribution in [0.2, 0.25) is 0 Å². The molecule has 81 heavy (non-hydrogen) atoms. The van der Waals surface area contributed by atoms with Crippen molar-refractivity contribution in [3.05, 3.63) is 122 Å². The average molecular weight is 1120 g/mol. The Morgan fingerprint density at radius 3 is 0.753 bits per heavy atom. The van der Waals surface area contributed by atoms with Gasteiger partial charge in [0.2, 0.25) is 0 Å². The van der Waals surface area contributed by atoms with Crippen molar-refractivity contribution in [3.63, 3.8) is 0 Å². The molecule has 0 fully saturated rings. The monoisotopic (exact) mass is 1120 g/mol. The zero-order chi connectivity index (χ0) is 58.5. The van der Waals surface area contributed by atoms with Crippen molar-refractivity contribution in [2.24, 2.45) is 0 Å². The lowest BCUT2D eigenvalue weighted by molar-refractivity contribution is -0.167. The summed E-state index contributed by atoms with van der Waals surface area (Å²) in [6.07, 6.45) is 94.9. The SMILES string of the molecule is CC/C=C\C/C=C\C/C=C\C/C=C\CCCCCCCCCCCCC(=O)OCC(COC(=O)CCCCCC/C=C\C/C=C\C/C=C\C/C=C\CC)OC(=O)CCCCCCCCCCCCC/C=C\C/C=C\CCCCCCC. The van der Waals surface area contributed by atoms with Crippen molar-refractivity contribution in [1.29, 1.82) is 0 Å². The molecule has 0 N–H and O–H groups in total. The predicted molar refractivity (Wildman–Crippen MR) is 353 cm³/mol. The van der Waals surface area contributed by atoms with Gasteiger partial charge in [-0.1, -0.05) is 290 Å². The second kappa shape index (κ2) is 68.3. The molecule has 0 aromatic heterocycles. The third kappa shape index (κ3) is 66.5. The number of hydrogen-bond acceptors (Lipinski definition) is 6. The number of carbonyl (C=O) groups is 3. The van der Waals surface area contributed by atoms with E-state index in [2.05, 4.69) is 142 Å². The molecule has 0 amide bonds. The van der Waals surface area contributed by atoms with Gasteiger partial charge >= 0.3 is 17.9 Å². The van der Waals surface area contributed by atoms with Gasteiger partial charge in [0.15, 0.2) is 6.10 Å². The molecule has 6 nitrogen and oxygen atoms in total. The number of ether oxygens (including phenoxy) is 3. The Balaban J connectivity index is 4.41. The van der Waals surface area contributed by atoms with E-state index in [9.17, 15) is 14.4 Å². The molecule has 0 bridgehead atoms. The van der Waals surface area contributed by atoms with Crippen LogP contribution in [0.3, 0.4) is 0 Å². The van der Waals surface area contributed by atoms with E-state index in [1.165, 1.54) is 148 Å². The molecule has 0 rings (SSSR count). The number of rotatable bonds is 61. The zero-order valence-corrected chi connectivity index (χ0v) is 53.0. The highest BCUT2D eigenvalue weighted by Gasteiger charge is 2.19. The molecule has 0 heterocycles. The Morgan fingerprint density at radius 1 is 0.259 bits per heavy atom. The summed E-state index contributed by atoms with van der Waals surface area (Å²) in [6, 6.07) is 0. The van der Waals surface area contributed by atoms with Crippen LogP contribution in [0, 0.1) is 0 Å². The first-order valence-electron chi connectivity index (χ1n) is 34.0. The van der Waals surface area contributed by atoms with Gasteiger partial charge in [0.25, 0.3) is 0 Å². The van der Waals surface area contributed by atoms with Gasteiger partial charge < -0.3 is 14.2 Å². The molecule has 0 aliphatic heterocycles. The minimum atomic E-state index is -0.797. The van der Waals surface area contributed by atoms with E-state index in [0.717, 1.165) is 128 Å². The highest BCUT2D eigenvalue weighted by molar-refractivity contribution is 5.71. The maximum Gasteiger partial charge on any atom is 0.306 e. The van der Waals surface area contributed by atoms with Crippen LogP contribution in [0.15, 0.2) is 122 Å². The van der Waals surface area contributed by atoms with Crippen LogP contribution >= 0.6 is 0 Å². The van der Waals surface area contributed by atoms with E-state index in [1.54, 1.807) is 0 Å². The van der Waals surface area contributed by atoms with Crippen molar-refractivity contribution in [2.75, 3.05) is 13.2 Å². The number of esters is 3. The van der Waals surface area contributed by atoms with E-state index in [1.807, 2.05) is 0 Å². The molecular weight excluding hydrogens is 997 g/mol. The summed E-state index contributed by atoms with van der Waals surface area (Å²) in [5, 5.41) is 0. The normalized spacial score (nSPS) is 12.9. The molecule has 0 radical (unpaired) electrons. The molecule has 462 valence electrons. The summed E-state index contributed by atoms with van der Waals surface area (Å²) >= 11 is 0. The third-order valence-corrected chi connectivity index (χ3v) is 14.4. The molecule has 0 spiro atoms. The first-order valence-corrected chi connectivity index (χ1v) is 34.0. The molecule has 0 saturated carbocycles. The van der Waals surface area contributed by atoms with Crippen molar-refractivity contribution >= 4 is 17.9 Å². The second-order valence-corrected chi connectivity index (χ2v) is 22.3. The molecule has 6 heteroatoms. The van der Waals surface area contributed by atoms with Crippen molar-refractivity contribution in [2.45, 2.75) is 322 Å². The predicted octanol–water partition coefficient (Wildman–Crippen LogP) is 23.6. The van der Waals surface area contributed by atoms with Crippen LogP contribution in [0.4, 0.5) is 0 Å². The van der Waals surface area contributed by atoms with Crippen LogP contribution in [0.25, 0.3) is 0 Å². The van der Waals surface area contributed by atoms with Crippen molar-refractivity contribution in [1.82, 2.24) is 0 Å².